The molecule has 12 heteroatoms. The highest BCUT2D eigenvalue weighted by atomic mass is 35.5. The number of hydrogen-bond donors (Lipinski definition) is 3. The number of para-hydroxylation sites is 1. The lowest BCUT2D eigenvalue weighted by Gasteiger charge is -2.38. The largest absolute Gasteiger partial charge is 0.487 e. The number of likely N-dealkylation sites (N-methyl/N-ethyl adjacent to an activating group) is 1. The van der Waals surface area contributed by atoms with Crippen LogP contribution >= 0.6 is 11.6 Å². The smallest absolute Gasteiger partial charge is 0.321 e. The topological polar surface area (TPSA) is 128 Å². The summed E-state index contributed by atoms with van der Waals surface area (Å²) in [6.45, 7) is 3.84. The maximum absolute atomic E-state index is 13.7. The van der Waals surface area contributed by atoms with E-state index >= 15 is 0 Å². The first-order valence-corrected chi connectivity index (χ1v) is 14.9. The van der Waals surface area contributed by atoms with Crippen molar-refractivity contribution in [2.75, 3.05) is 36.8 Å². The van der Waals surface area contributed by atoms with E-state index in [1.54, 1.807) is 31.0 Å². The van der Waals surface area contributed by atoms with Crippen LogP contribution in [0.25, 0.3) is 0 Å². The van der Waals surface area contributed by atoms with E-state index in [1.807, 2.05) is 25.1 Å². The Hall–Kier alpha value is -3.80. The van der Waals surface area contributed by atoms with Crippen LogP contribution in [-0.4, -0.2) is 74.2 Å². The average molecular weight is 601 g/mol. The number of hydrogen-bond acceptors (Lipinski definition) is 6. The van der Waals surface area contributed by atoms with Gasteiger partial charge in [-0.2, -0.15) is 0 Å². The molecule has 0 spiro atoms. The van der Waals surface area contributed by atoms with Gasteiger partial charge in [-0.05, 0) is 61.5 Å². The van der Waals surface area contributed by atoms with E-state index in [0.29, 0.717) is 10.7 Å². The quantitative estimate of drug-likeness (QED) is 0.349. The lowest BCUT2D eigenvalue weighted by atomic mass is 9.99. The van der Waals surface area contributed by atoms with Gasteiger partial charge in [-0.15, -0.1) is 0 Å². The minimum absolute atomic E-state index is 0.0115. The fourth-order valence-corrected chi connectivity index (χ4v) is 5.60. The Labute approximate surface area is 244 Å². The Morgan fingerprint density at radius 2 is 1.80 bits per heavy atom. The van der Waals surface area contributed by atoms with Gasteiger partial charge in [0.1, 0.15) is 11.9 Å². The molecule has 0 unspecified atom stereocenters. The summed E-state index contributed by atoms with van der Waals surface area (Å²) >= 11 is 5.89. The standard InChI is InChI=1S/C29H33ClN4O6S/c1-19-16-34(20(2)18-35)28(36)25-15-23(32-41(38,39)24-12-9-21(30)10-13-24)11-14-26(25)40-27(19)17-33(3)29(37)31-22-7-5-4-6-8-22/h4-15,19-20,27,32,35H,16-18H2,1-3H3,(H,31,37)/t19-,20-,27+/m0/s1. The summed E-state index contributed by atoms with van der Waals surface area (Å²) in [7, 11) is -2.31. The molecule has 1 heterocycles. The molecule has 3 amide bonds. The van der Waals surface area contributed by atoms with Crippen LogP contribution in [0, 0.1) is 5.92 Å². The number of halogens is 1. The minimum atomic E-state index is -3.96. The van der Waals surface area contributed by atoms with Crippen LogP contribution in [0.4, 0.5) is 16.2 Å². The van der Waals surface area contributed by atoms with Crippen LogP contribution in [0.2, 0.25) is 5.02 Å². The highest BCUT2D eigenvalue weighted by Gasteiger charge is 2.34. The second kappa shape index (κ2) is 12.8. The molecule has 0 fully saturated rings. The van der Waals surface area contributed by atoms with Gasteiger partial charge in [-0.25, -0.2) is 13.2 Å². The fourth-order valence-electron chi connectivity index (χ4n) is 4.42. The van der Waals surface area contributed by atoms with Crippen LogP contribution in [0.15, 0.2) is 77.7 Å². The number of benzene rings is 3. The number of ether oxygens (including phenoxy) is 1. The molecule has 218 valence electrons. The van der Waals surface area contributed by atoms with Crippen molar-refractivity contribution in [2.45, 2.75) is 30.9 Å². The van der Waals surface area contributed by atoms with E-state index in [1.165, 1.54) is 47.4 Å². The van der Waals surface area contributed by atoms with Gasteiger partial charge >= 0.3 is 6.03 Å². The Balaban J connectivity index is 1.62. The molecule has 1 aliphatic heterocycles. The summed E-state index contributed by atoms with van der Waals surface area (Å²) in [5.41, 5.74) is 0.954. The molecule has 3 aromatic carbocycles. The maximum Gasteiger partial charge on any atom is 0.321 e. The van der Waals surface area contributed by atoms with Crippen molar-refractivity contribution in [1.29, 1.82) is 0 Å². The average Bonchev–Trinajstić information content (AvgIpc) is 2.95. The third-order valence-corrected chi connectivity index (χ3v) is 8.52. The summed E-state index contributed by atoms with van der Waals surface area (Å²) in [5.74, 6) is -0.376. The monoisotopic (exact) mass is 600 g/mol. The lowest BCUT2D eigenvalue weighted by Crippen LogP contribution is -2.50. The van der Waals surface area contributed by atoms with E-state index in [0.717, 1.165) is 0 Å². The Morgan fingerprint density at radius 3 is 2.46 bits per heavy atom. The van der Waals surface area contributed by atoms with Crippen molar-refractivity contribution < 1.29 is 27.9 Å². The van der Waals surface area contributed by atoms with Crippen molar-refractivity contribution in [3.8, 4) is 5.75 Å². The molecule has 0 aliphatic carbocycles. The second-order valence-corrected chi connectivity index (χ2v) is 12.2. The highest BCUT2D eigenvalue weighted by molar-refractivity contribution is 7.92. The van der Waals surface area contributed by atoms with Crippen LogP contribution in [0.5, 0.6) is 5.75 Å². The predicted octanol–water partition coefficient (Wildman–Crippen LogP) is 4.52. The van der Waals surface area contributed by atoms with Crippen molar-refractivity contribution in [2.24, 2.45) is 5.92 Å². The maximum atomic E-state index is 13.7. The van der Waals surface area contributed by atoms with Gasteiger partial charge < -0.3 is 25.0 Å². The third-order valence-electron chi connectivity index (χ3n) is 6.87. The predicted molar refractivity (Wildman–Crippen MR) is 158 cm³/mol. The fraction of sp³-hybridized carbons (Fsp3) is 0.310. The van der Waals surface area contributed by atoms with Gasteiger partial charge in [0.2, 0.25) is 0 Å². The minimum Gasteiger partial charge on any atom is -0.487 e. The van der Waals surface area contributed by atoms with E-state index in [4.69, 9.17) is 16.3 Å². The normalized spacial score (nSPS) is 17.9. The summed E-state index contributed by atoms with van der Waals surface area (Å²) < 4.78 is 34.7. The molecule has 4 rings (SSSR count). The number of rotatable bonds is 8. The van der Waals surface area contributed by atoms with E-state index < -0.39 is 28.1 Å². The van der Waals surface area contributed by atoms with Gasteiger partial charge in [-0.3, -0.25) is 9.52 Å². The van der Waals surface area contributed by atoms with Gasteiger partial charge in [0.15, 0.2) is 0 Å². The number of nitrogens with one attached hydrogen (secondary N) is 2. The van der Waals surface area contributed by atoms with Crippen molar-refractivity contribution in [3.05, 3.63) is 83.4 Å². The van der Waals surface area contributed by atoms with Crippen LogP contribution in [0.3, 0.4) is 0 Å². The number of nitrogens with zero attached hydrogens (tertiary/aromatic N) is 2. The van der Waals surface area contributed by atoms with Gasteiger partial charge in [-0.1, -0.05) is 36.7 Å². The first-order valence-electron chi connectivity index (χ1n) is 13.1. The molecule has 3 aromatic rings. The number of aliphatic hydroxyl groups excluding tert-OH is 1. The zero-order chi connectivity index (χ0) is 29.7. The number of fused-ring (bicyclic) bond motifs is 1. The lowest BCUT2D eigenvalue weighted by molar-refractivity contribution is 0.0371. The van der Waals surface area contributed by atoms with Crippen molar-refractivity contribution in [3.63, 3.8) is 0 Å². The zero-order valence-electron chi connectivity index (χ0n) is 23.0. The first kappa shape index (κ1) is 30.2. The number of urea groups is 1. The number of carbonyl (C=O) groups excluding carboxylic acids is 2. The van der Waals surface area contributed by atoms with Gasteiger partial charge in [0.05, 0.1) is 29.7 Å². The van der Waals surface area contributed by atoms with Crippen molar-refractivity contribution >= 4 is 44.9 Å². The molecular formula is C29H33ClN4O6S. The molecule has 0 aromatic heterocycles. The molecule has 3 N–H and O–H groups in total. The van der Waals surface area contributed by atoms with Gasteiger partial charge in [0, 0.05) is 35.9 Å². The first-order chi connectivity index (χ1) is 19.5. The molecule has 3 atom stereocenters. The summed E-state index contributed by atoms with van der Waals surface area (Å²) in [4.78, 5) is 29.6. The molecule has 1 aliphatic rings. The van der Waals surface area contributed by atoms with E-state index in [-0.39, 0.29) is 53.5 Å². The van der Waals surface area contributed by atoms with Crippen LogP contribution in [-0.2, 0) is 10.0 Å². The molecule has 0 radical (unpaired) electrons. The van der Waals surface area contributed by atoms with Gasteiger partial charge in [0.25, 0.3) is 15.9 Å². The Morgan fingerprint density at radius 1 is 1.12 bits per heavy atom. The molecule has 10 nitrogen and oxygen atoms in total. The number of carbonyl (C=O) groups is 2. The number of sulfonamides is 1. The molecule has 41 heavy (non-hydrogen) atoms. The summed E-state index contributed by atoms with van der Waals surface area (Å²) in [6, 6.07) is 18.4. The van der Waals surface area contributed by atoms with E-state index in [2.05, 4.69) is 10.0 Å². The number of amides is 3. The van der Waals surface area contributed by atoms with Crippen molar-refractivity contribution in [1.82, 2.24) is 9.80 Å². The Kier molecular flexibility index (Phi) is 9.42. The SMILES string of the molecule is C[C@H]1CN([C@@H](C)CO)C(=O)c2cc(NS(=O)(=O)c3ccc(Cl)cc3)ccc2O[C@@H]1CN(C)C(=O)Nc1ccccc1. The third kappa shape index (κ3) is 7.29. The van der Waals surface area contributed by atoms with Crippen LogP contribution in [0.1, 0.15) is 24.2 Å². The summed E-state index contributed by atoms with van der Waals surface area (Å²) in [6.07, 6.45) is -0.515. The molecule has 0 saturated heterocycles. The second-order valence-electron chi connectivity index (χ2n) is 10.1. The number of anilines is 2. The number of aliphatic hydroxyl groups is 1. The Bertz CT molecular complexity index is 1490. The highest BCUT2D eigenvalue weighted by Crippen LogP contribution is 2.31. The molecule has 0 bridgehead atoms. The summed E-state index contributed by atoms with van der Waals surface area (Å²) in [5, 5.41) is 13.1. The zero-order valence-corrected chi connectivity index (χ0v) is 24.5. The van der Waals surface area contributed by atoms with Crippen LogP contribution < -0.4 is 14.8 Å². The molecular weight excluding hydrogens is 568 g/mol. The molecule has 0 saturated carbocycles. The van der Waals surface area contributed by atoms with E-state index in [9.17, 15) is 23.1 Å².